The van der Waals surface area contributed by atoms with Gasteiger partial charge >= 0.3 is 0 Å². The lowest BCUT2D eigenvalue weighted by atomic mass is 10.0. The minimum Gasteiger partial charge on any atom is -0.490 e. The minimum absolute atomic E-state index is 0.105. The number of benzene rings is 3. The summed E-state index contributed by atoms with van der Waals surface area (Å²) >= 11 is 4.93. The first kappa shape index (κ1) is 26.9. The van der Waals surface area contributed by atoms with Gasteiger partial charge in [0, 0.05) is 15.7 Å². The van der Waals surface area contributed by atoms with E-state index in [9.17, 15) is 4.79 Å². The van der Waals surface area contributed by atoms with Gasteiger partial charge in [0.15, 0.2) is 17.0 Å². The number of nitrogens with one attached hydrogen (secondary N) is 2. The van der Waals surface area contributed by atoms with Gasteiger partial charge in [-0.05, 0) is 78.9 Å². The average molecular weight is 580 g/mol. The van der Waals surface area contributed by atoms with Crippen LogP contribution in [0.5, 0.6) is 11.5 Å². The van der Waals surface area contributed by atoms with E-state index in [0.29, 0.717) is 36.0 Å². The zero-order chi connectivity index (χ0) is 26.2. The maximum atomic E-state index is 12.7. The van der Waals surface area contributed by atoms with E-state index in [1.807, 2.05) is 67.6 Å². The van der Waals surface area contributed by atoms with E-state index >= 15 is 0 Å². The topological polar surface area (TPSA) is 59.6 Å². The van der Waals surface area contributed by atoms with E-state index in [2.05, 4.69) is 52.2 Å². The fourth-order valence-corrected chi connectivity index (χ4v) is 5.19. The highest BCUT2D eigenvalue weighted by Crippen LogP contribution is 2.37. The number of carbonyl (C=O) groups excluding carboxylic acids is 1. The first-order valence-electron chi connectivity index (χ1n) is 12.3. The highest BCUT2D eigenvalue weighted by molar-refractivity contribution is 9.10. The zero-order valence-corrected chi connectivity index (χ0v) is 23.5. The number of rotatable bonds is 11. The van der Waals surface area contributed by atoms with Gasteiger partial charge in [-0.3, -0.25) is 4.79 Å². The van der Waals surface area contributed by atoms with Crippen LogP contribution in [0.1, 0.15) is 36.1 Å². The first-order valence-corrected chi connectivity index (χ1v) is 14.0. The molecule has 0 unspecified atom stereocenters. The van der Waals surface area contributed by atoms with Crippen LogP contribution in [0.2, 0.25) is 0 Å². The van der Waals surface area contributed by atoms with Crippen LogP contribution in [0.3, 0.4) is 0 Å². The van der Waals surface area contributed by atoms with Crippen molar-refractivity contribution in [3.8, 4) is 11.5 Å². The molecular formula is C30H31BrN2O3S. The molecule has 5 nitrogen and oxygen atoms in total. The zero-order valence-electron chi connectivity index (χ0n) is 21.1. The molecule has 0 bridgehead atoms. The number of aryl methyl sites for hydroxylation is 1. The maximum Gasteiger partial charge on any atom is 0.260 e. The van der Waals surface area contributed by atoms with Gasteiger partial charge in [0.05, 0.1) is 11.5 Å². The lowest BCUT2D eigenvalue weighted by molar-refractivity contribution is -0.116. The molecule has 1 atom stereocenters. The summed E-state index contributed by atoms with van der Waals surface area (Å²) in [5.41, 5.74) is 4.90. The van der Waals surface area contributed by atoms with Crippen molar-refractivity contribution < 1.29 is 14.3 Å². The van der Waals surface area contributed by atoms with Gasteiger partial charge in [-0.2, -0.15) is 0 Å². The maximum absolute atomic E-state index is 12.7. The molecule has 3 aromatic carbocycles. The summed E-state index contributed by atoms with van der Waals surface area (Å²) in [4.78, 5) is 13.4. The lowest BCUT2D eigenvalue weighted by Gasteiger charge is -2.17. The van der Waals surface area contributed by atoms with E-state index < -0.39 is 0 Å². The van der Waals surface area contributed by atoms with Gasteiger partial charge < -0.3 is 20.1 Å². The van der Waals surface area contributed by atoms with Crippen molar-refractivity contribution >= 4 is 45.4 Å². The van der Waals surface area contributed by atoms with Gasteiger partial charge in [-0.15, -0.1) is 6.58 Å². The first-order chi connectivity index (χ1) is 18.0. The van der Waals surface area contributed by atoms with Crippen LogP contribution in [0, 0.1) is 0 Å². The highest BCUT2D eigenvalue weighted by Gasteiger charge is 2.27. The van der Waals surface area contributed by atoms with E-state index in [0.717, 1.165) is 33.3 Å². The molecule has 0 spiro atoms. The van der Waals surface area contributed by atoms with E-state index in [1.54, 1.807) is 0 Å². The van der Waals surface area contributed by atoms with Gasteiger partial charge in [-0.25, -0.2) is 0 Å². The van der Waals surface area contributed by atoms with E-state index in [1.165, 1.54) is 17.3 Å². The Labute approximate surface area is 231 Å². The molecule has 1 aliphatic heterocycles. The molecule has 2 N–H and O–H groups in total. The summed E-state index contributed by atoms with van der Waals surface area (Å²) < 4.78 is 13.2. The van der Waals surface area contributed by atoms with Crippen molar-refractivity contribution in [2.45, 2.75) is 38.8 Å². The van der Waals surface area contributed by atoms with Crippen LogP contribution >= 0.6 is 27.7 Å². The Morgan fingerprint density at radius 1 is 1.05 bits per heavy atom. The van der Waals surface area contributed by atoms with Gasteiger partial charge in [-0.1, -0.05) is 65.0 Å². The van der Waals surface area contributed by atoms with Crippen LogP contribution in [-0.4, -0.2) is 18.0 Å². The Morgan fingerprint density at radius 3 is 2.46 bits per heavy atom. The van der Waals surface area contributed by atoms with E-state index in [4.69, 9.17) is 9.47 Å². The Bertz CT molecular complexity index is 1270. The molecule has 0 saturated carbocycles. The highest BCUT2D eigenvalue weighted by atomic mass is 79.9. The predicted octanol–water partition coefficient (Wildman–Crippen LogP) is 7.32. The number of thioether (sulfide) groups is 1. The smallest absolute Gasteiger partial charge is 0.260 e. The Morgan fingerprint density at radius 2 is 1.78 bits per heavy atom. The van der Waals surface area contributed by atoms with Gasteiger partial charge in [0.25, 0.3) is 5.91 Å². The largest absolute Gasteiger partial charge is 0.490 e. The third-order valence-corrected chi connectivity index (χ3v) is 7.36. The summed E-state index contributed by atoms with van der Waals surface area (Å²) in [6.45, 7) is 8.91. The van der Waals surface area contributed by atoms with Crippen molar-refractivity contribution in [3.63, 3.8) is 0 Å². The molecule has 3 aromatic rings. The molecule has 1 amide bonds. The molecule has 1 saturated heterocycles. The second-order valence-electron chi connectivity index (χ2n) is 8.52. The number of hydrogen-bond acceptors (Lipinski definition) is 5. The molecule has 1 fully saturated rings. The minimum atomic E-state index is -0.237. The molecule has 7 heteroatoms. The molecule has 0 aliphatic carbocycles. The molecule has 0 aromatic heterocycles. The fourth-order valence-electron chi connectivity index (χ4n) is 3.94. The predicted molar refractivity (Wildman–Crippen MR) is 157 cm³/mol. The Hall–Kier alpha value is -3.16. The summed E-state index contributed by atoms with van der Waals surface area (Å²) in [6.07, 6.45) is 5.35. The van der Waals surface area contributed by atoms with Gasteiger partial charge in [0.2, 0.25) is 0 Å². The van der Waals surface area contributed by atoms with Crippen molar-refractivity contribution in [2.75, 3.05) is 11.9 Å². The van der Waals surface area contributed by atoms with Crippen LogP contribution < -0.4 is 20.1 Å². The SMILES string of the molecule is C=CCc1cc(/C=C2\S[C@@H](Nc3ccc(CC)cc3)NC2=O)cc(OCC)c1OCc1ccc(Br)cc1. The normalized spacial score (nSPS) is 15.9. The quantitative estimate of drug-likeness (QED) is 0.184. The number of hydrogen-bond donors (Lipinski definition) is 2. The molecular weight excluding hydrogens is 548 g/mol. The average Bonchev–Trinajstić information content (AvgIpc) is 3.23. The Balaban J connectivity index is 1.55. The van der Waals surface area contributed by atoms with Crippen molar-refractivity contribution in [1.82, 2.24) is 5.32 Å². The number of halogens is 1. The number of carbonyl (C=O) groups is 1. The molecule has 37 heavy (non-hydrogen) atoms. The summed E-state index contributed by atoms with van der Waals surface area (Å²) in [6, 6.07) is 20.3. The molecule has 1 heterocycles. The van der Waals surface area contributed by atoms with Crippen molar-refractivity contribution in [2.24, 2.45) is 0 Å². The second-order valence-corrected chi connectivity index (χ2v) is 10.6. The van der Waals surface area contributed by atoms with Gasteiger partial charge in [0.1, 0.15) is 6.61 Å². The lowest BCUT2D eigenvalue weighted by Crippen LogP contribution is -2.30. The summed E-state index contributed by atoms with van der Waals surface area (Å²) in [7, 11) is 0. The standard InChI is InChI=1S/C30H31BrN2O3S/c1-4-7-23-16-22(17-26(35-6-3)28(23)36-19-21-8-12-24(31)13-9-21)18-27-29(34)33-30(37-27)32-25-14-10-20(5-2)11-15-25/h4,8-18,30,32H,1,5-7,19H2,2-3H3,(H,33,34)/b27-18-/t30-/m0/s1. The molecule has 1 aliphatic rings. The molecule has 0 radical (unpaired) electrons. The third-order valence-electron chi connectivity index (χ3n) is 5.80. The van der Waals surface area contributed by atoms with Crippen LogP contribution in [0.15, 0.2) is 82.7 Å². The van der Waals surface area contributed by atoms with Crippen molar-refractivity contribution in [1.29, 1.82) is 0 Å². The second kappa shape index (κ2) is 12.9. The van der Waals surface area contributed by atoms with Crippen molar-refractivity contribution in [3.05, 3.63) is 105 Å². The monoisotopic (exact) mass is 578 g/mol. The molecule has 4 rings (SSSR count). The number of amides is 1. The summed E-state index contributed by atoms with van der Waals surface area (Å²) in [5, 5.41) is 6.38. The fraction of sp³-hybridized carbons (Fsp3) is 0.233. The molecule has 192 valence electrons. The van der Waals surface area contributed by atoms with Crippen LogP contribution in [-0.2, 0) is 24.2 Å². The number of anilines is 1. The number of allylic oxidation sites excluding steroid dienone is 1. The number of ether oxygens (including phenoxy) is 2. The third kappa shape index (κ3) is 7.21. The van der Waals surface area contributed by atoms with E-state index in [-0.39, 0.29) is 11.4 Å². The summed E-state index contributed by atoms with van der Waals surface area (Å²) in [5.74, 6) is 1.25. The van der Waals surface area contributed by atoms with Crippen LogP contribution in [0.25, 0.3) is 6.08 Å². The Kier molecular flexibility index (Phi) is 9.36. The van der Waals surface area contributed by atoms with Crippen LogP contribution in [0.4, 0.5) is 5.69 Å².